The van der Waals surface area contributed by atoms with Gasteiger partial charge in [0.25, 0.3) is 0 Å². The number of fused-ring (bicyclic) bond motifs is 4. The van der Waals surface area contributed by atoms with Crippen molar-refractivity contribution in [3.63, 3.8) is 0 Å². The predicted octanol–water partition coefficient (Wildman–Crippen LogP) is 2.30. The highest BCUT2D eigenvalue weighted by Crippen LogP contribution is 2.48. The fourth-order valence-corrected chi connectivity index (χ4v) is 3.23. The van der Waals surface area contributed by atoms with Crippen LogP contribution >= 0.6 is 0 Å². The molecule has 104 valence electrons. The van der Waals surface area contributed by atoms with E-state index in [1.54, 1.807) is 6.20 Å². The van der Waals surface area contributed by atoms with E-state index in [0.717, 1.165) is 34.7 Å². The summed E-state index contributed by atoms with van der Waals surface area (Å²) in [5, 5.41) is 10.2. The summed E-state index contributed by atoms with van der Waals surface area (Å²) in [6, 6.07) is 6.00. The Morgan fingerprint density at radius 2 is 2.35 bits per heavy atom. The van der Waals surface area contributed by atoms with Gasteiger partial charge < -0.3 is 10.1 Å². The molecule has 3 heterocycles. The molecule has 1 saturated heterocycles. The van der Waals surface area contributed by atoms with Gasteiger partial charge in [0, 0.05) is 24.1 Å². The van der Waals surface area contributed by atoms with E-state index in [2.05, 4.69) is 15.5 Å². The summed E-state index contributed by atoms with van der Waals surface area (Å²) < 4.78 is 20.8. The van der Waals surface area contributed by atoms with Crippen LogP contribution < -0.4 is 10.1 Å². The quantitative estimate of drug-likeness (QED) is 0.774. The van der Waals surface area contributed by atoms with Gasteiger partial charge in [-0.2, -0.15) is 5.10 Å². The Kier molecular flexibility index (Phi) is 2.41. The summed E-state index contributed by atoms with van der Waals surface area (Å²) in [6.45, 7) is 3.06. The average molecular weight is 273 g/mol. The van der Waals surface area contributed by atoms with E-state index in [4.69, 9.17) is 4.74 Å². The second-order valence-electron chi connectivity index (χ2n) is 5.57. The van der Waals surface area contributed by atoms with E-state index in [0.29, 0.717) is 13.0 Å². The monoisotopic (exact) mass is 273 g/mol. The van der Waals surface area contributed by atoms with E-state index in [-0.39, 0.29) is 0 Å². The van der Waals surface area contributed by atoms with Crippen LogP contribution in [0, 0.1) is 6.92 Å². The van der Waals surface area contributed by atoms with Crippen LogP contribution in [-0.2, 0) is 5.60 Å². The minimum atomic E-state index is -1.08. The summed E-state index contributed by atoms with van der Waals surface area (Å²) in [4.78, 5) is 0. The molecule has 0 aliphatic carbocycles. The smallest absolute Gasteiger partial charge is 0.171 e. The first-order valence-corrected chi connectivity index (χ1v) is 6.89. The van der Waals surface area contributed by atoms with Crippen molar-refractivity contribution in [2.45, 2.75) is 25.1 Å². The van der Waals surface area contributed by atoms with Gasteiger partial charge in [-0.25, -0.2) is 4.39 Å². The largest absolute Gasteiger partial charge is 0.479 e. The van der Waals surface area contributed by atoms with Gasteiger partial charge >= 0.3 is 0 Å². The van der Waals surface area contributed by atoms with E-state index >= 15 is 0 Å². The van der Waals surface area contributed by atoms with Crippen LogP contribution in [0.4, 0.5) is 4.39 Å². The third kappa shape index (κ3) is 1.47. The van der Waals surface area contributed by atoms with E-state index in [1.165, 1.54) is 0 Å². The van der Waals surface area contributed by atoms with E-state index in [9.17, 15) is 4.39 Å². The fraction of sp³-hybridized carbons (Fsp3) is 0.400. The van der Waals surface area contributed by atoms with Crippen LogP contribution in [-0.4, -0.2) is 29.5 Å². The average Bonchev–Trinajstić information content (AvgIpc) is 2.92. The summed E-state index contributed by atoms with van der Waals surface area (Å²) in [5.74, 6) is 0.742. The molecule has 2 N–H and O–H groups in total. The first-order chi connectivity index (χ1) is 9.71. The number of nitrogens with zero attached hydrogens (tertiary/aromatic N) is 1. The molecule has 2 aliphatic heterocycles. The second kappa shape index (κ2) is 4.06. The van der Waals surface area contributed by atoms with Crippen molar-refractivity contribution < 1.29 is 9.13 Å². The molecular weight excluding hydrogens is 257 g/mol. The number of alkyl halides is 1. The lowest BCUT2D eigenvalue weighted by Gasteiger charge is -2.43. The number of H-pyrrole nitrogens is 1. The number of halogens is 1. The molecule has 20 heavy (non-hydrogen) atoms. The van der Waals surface area contributed by atoms with Gasteiger partial charge in [-0.3, -0.25) is 5.10 Å². The number of nitrogens with one attached hydrogen (secondary N) is 2. The molecular formula is C15H16FN3O. The minimum Gasteiger partial charge on any atom is -0.479 e. The molecule has 0 amide bonds. The molecule has 0 bridgehead atoms. The molecule has 4 rings (SSSR count). The Bertz CT molecular complexity index is 669. The van der Waals surface area contributed by atoms with E-state index in [1.807, 2.05) is 25.1 Å². The normalized spacial score (nSPS) is 27.8. The number of hydrogen-bond acceptors (Lipinski definition) is 3. The number of hydrogen-bond donors (Lipinski definition) is 2. The molecule has 2 atom stereocenters. The zero-order valence-electron chi connectivity index (χ0n) is 11.2. The Hall–Kier alpha value is -1.88. The molecule has 1 fully saturated rings. The highest BCUT2D eigenvalue weighted by Gasteiger charge is 2.50. The maximum Gasteiger partial charge on any atom is 0.171 e. The molecule has 0 unspecified atom stereocenters. The van der Waals surface area contributed by atoms with Crippen LogP contribution in [0.5, 0.6) is 5.75 Å². The summed E-state index contributed by atoms with van der Waals surface area (Å²) in [6.07, 6.45) is 1.23. The zero-order chi connectivity index (χ0) is 13.7. The highest BCUT2D eigenvalue weighted by molar-refractivity contribution is 5.73. The topological polar surface area (TPSA) is 49.9 Å². The number of aromatic nitrogens is 2. The Labute approximate surface area is 116 Å². The molecule has 0 radical (unpaired) electrons. The molecule has 2 aliphatic rings. The summed E-state index contributed by atoms with van der Waals surface area (Å²) >= 11 is 0. The number of rotatable bonds is 0. The number of ether oxygens (including phenoxy) is 1. The van der Waals surface area contributed by atoms with Crippen molar-refractivity contribution in [2.75, 3.05) is 13.1 Å². The van der Waals surface area contributed by atoms with Gasteiger partial charge in [-0.1, -0.05) is 6.07 Å². The number of aryl methyl sites for hydroxylation is 1. The van der Waals surface area contributed by atoms with Crippen molar-refractivity contribution in [2.24, 2.45) is 0 Å². The summed E-state index contributed by atoms with van der Waals surface area (Å²) in [7, 11) is 0. The van der Waals surface area contributed by atoms with Crippen LogP contribution in [0.3, 0.4) is 0 Å². The molecule has 4 nitrogen and oxygen atoms in total. The molecule has 1 spiro atoms. The standard InChI is InChI=1S/C15H16FN3O/c1-9-2-3-10-12(6-9)20-15(4-5-17-8-13(15)16)11-7-18-19-14(10)11/h2-3,6-7,13,17H,4-5,8H2,1H3,(H,18,19)/t13-,15+/m0/s1. The minimum absolute atomic E-state index is 0.311. The highest BCUT2D eigenvalue weighted by atomic mass is 19.1. The molecule has 2 aromatic rings. The molecule has 0 saturated carbocycles. The van der Waals surface area contributed by atoms with E-state index < -0.39 is 11.8 Å². The maximum absolute atomic E-state index is 14.6. The van der Waals surface area contributed by atoms with Gasteiger partial charge in [-0.05, 0) is 31.2 Å². The van der Waals surface area contributed by atoms with Crippen molar-refractivity contribution >= 4 is 0 Å². The maximum atomic E-state index is 14.6. The van der Waals surface area contributed by atoms with Gasteiger partial charge in [0.05, 0.1) is 11.9 Å². The zero-order valence-corrected chi connectivity index (χ0v) is 11.2. The van der Waals surface area contributed by atoms with Crippen molar-refractivity contribution in [1.82, 2.24) is 15.5 Å². The number of piperidine rings is 1. The molecule has 1 aromatic heterocycles. The SMILES string of the molecule is Cc1ccc2c(c1)O[C@]1(CCNC[C@@H]1F)c1cn[nH]c1-2. The predicted molar refractivity (Wildman–Crippen MR) is 73.4 cm³/mol. The Morgan fingerprint density at radius 1 is 1.45 bits per heavy atom. The first kappa shape index (κ1) is 11.9. The van der Waals surface area contributed by atoms with Crippen LogP contribution in [0.2, 0.25) is 0 Å². The van der Waals surface area contributed by atoms with Crippen molar-refractivity contribution in [3.8, 4) is 17.0 Å². The lowest BCUT2D eigenvalue weighted by Crippen LogP contribution is -2.54. The third-order valence-electron chi connectivity index (χ3n) is 4.30. The fourth-order valence-electron chi connectivity index (χ4n) is 3.23. The second-order valence-corrected chi connectivity index (χ2v) is 5.57. The summed E-state index contributed by atoms with van der Waals surface area (Å²) in [5.41, 5.74) is 2.87. The molecule has 1 aromatic carbocycles. The lowest BCUT2D eigenvalue weighted by molar-refractivity contribution is -0.0397. The van der Waals surface area contributed by atoms with Gasteiger partial charge in [0.2, 0.25) is 0 Å². The number of aromatic amines is 1. The van der Waals surface area contributed by atoms with Crippen molar-refractivity contribution in [1.29, 1.82) is 0 Å². The lowest BCUT2D eigenvalue weighted by atomic mass is 9.80. The van der Waals surface area contributed by atoms with Crippen LogP contribution in [0.1, 0.15) is 17.5 Å². The molecule has 5 heteroatoms. The van der Waals surface area contributed by atoms with Crippen LogP contribution in [0.25, 0.3) is 11.3 Å². The van der Waals surface area contributed by atoms with Gasteiger partial charge in [0.1, 0.15) is 5.75 Å². The third-order valence-corrected chi connectivity index (χ3v) is 4.30. The van der Waals surface area contributed by atoms with Crippen LogP contribution in [0.15, 0.2) is 24.4 Å². The Balaban J connectivity index is 1.94. The number of benzene rings is 1. The van der Waals surface area contributed by atoms with Crippen molar-refractivity contribution in [3.05, 3.63) is 35.5 Å². The van der Waals surface area contributed by atoms with Gasteiger partial charge in [-0.15, -0.1) is 0 Å². The first-order valence-electron chi connectivity index (χ1n) is 6.89. The Morgan fingerprint density at radius 3 is 3.20 bits per heavy atom. The van der Waals surface area contributed by atoms with Gasteiger partial charge in [0.15, 0.2) is 11.8 Å².